The van der Waals surface area contributed by atoms with Crippen molar-refractivity contribution in [3.8, 4) is 5.75 Å². The molecule has 183 valence electrons. The summed E-state index contributed by atoms with van der Waals surface area (Å²) in [6, 6.07) is 5.60. The summed E-state index contributed by atoms with van der Waals surface area (Å²) in [6.07, 6.45) is -5.40. The first-order chi connectivity index (χ1) is 15.6. The topological polar surface area (TPSA) is 157 Å². The fourth-order valence-corrected chi connectivity index (χ4v) is 6.90. The Hall–Kier alpha value is -0.750. The summed E-state index contributed by atoms with van der Waals surface area (Å²) in [5, 5.41) is 60.2. The maximum absolute atomic E-state index is 11.3. The summed E-state index contributed by atoms with van der Waals surface area (Å²) >= 11 is 0. The van der Waals surface area contributed by atoms with E-state index in [4.69, 9.17) is 9.47 Å². The number of carboxylic acids is 1. The SMILES string of the molecule is C[C@]12CC[C@@H]3c4ccc(O[C@@H]5O[C@H](C(=O)O)[C@@H](O)[C@H](O)[C@H]5O)cc4CC[C@H]3[C@@H]1C[C@@H](O)[C@@H]2O.[Na]. The van der Waals surface area contributed by atoms with Gasteiger partial charge >= 0.3 is 5.97 Å². The third-order valence-corrected chi connectivity index (χ3v) is 8.74. The van der Waals surface area contributed by atoms with Crippen LogP contribution in [0.4, 0.5) is 0 Å². The Morgan fingerprint density at radius 1 is 1.09 bits per heavy atom. The van der Waals surface area contributed by atoms with E-state index < -0.39 is 48.9 Å². The van der Waals surface area contributed by atoms with Gasteiger partial charge in [0, 0.05) is 29.6 Å². The first-order valence-electron chi connectivity index (χ1n) is 11.7. The predicted molar refractivity (Wildman–Crippen MR) is 119 cm³/mol. The molecule has 1 aliphatic heterocycles. The number of fused-ring (bicyclic) bond motifs is 5. The monoisotopic (exact) mass is 487 g/mol. The van der Waals surface area contributed by atoms with Crippen LogP contribution in [0.2, 0.25) is 0 Å². The molecule has 10 heteroatoms. The van der Waals surface area contributed by atoms with Crippen LogP contribution in [0.3, 0.4) is 0 Å². The number of hydrogen-bond acceptors (Lipinski definition) is 8. The molecule has 0 spiro atoms. The van der Waals surface area contributed by atoms with Gasteiger partial charge in [-0.25, -0.2) is 4.79 Å². The molecule has 0 aromatic heterocycles. The number of ether oxygens (including phenoxy) is 2. The van der Waals surface area contributed by atoms with Gasteiger partial charge in [-0.3, -0.25) is 0 Å². The van der Waals surface area contributed by atoms with Crippen molar-refractivity contribution in [1.29, 1.82) is 0 Å². The van der Waals surface area contributed by atoms with E-state index in [2.05, 4.69) is 6.92 Å². The molecular formula is C24H32NaO9. The maximum atomic E-state index is 11.3. The van der Waals surface area contributed by atoms with Crippen molar-refractivity contribution in [3.63, 3.8) is 0 Å². The summed E-state index contributed by atoms with van der Waals surface area (Å²) < 4.78 is 10.9. The van der Waals surface area contributed by atoms with E-state index in [0.717, 1.165) is 31.2 Å². The number of carboxylic acid groups (broad SMARTS) is 1. The zero-order valence-electron chi connectivity index (χ0n) is 19.4. The molecule has 1 aromatic carbocycles. The van der Waals surface area contributed by atoms with Gasteiger partial charge in [-0.15, -0.1) is 0 Å². The third kappa shape index (κ3) is 4.13. The van der Waals surface area contributed by atoms with E-state index in [1.807, 2.05) is 12.1 Å². The molecule has 2 saturated carbocycles. The normalized spacial score (nSPS) is 45.4. The van der Waals surface area contributed by atoms with Crippen molar-refractivity contribution in [2.75, 3.05) is 0 Å². The Morgan fingerprint density at radius 2 is 1.82 bits per heavy atom. The number of aliphatic hydroxyl groups excluding tert-OH is 5. The molecule has 3 aliphatic carbocycles. The molecular weight excluding hydrogens is 455 g/mol. The van der Waals surface area contributed by atoms with E-state index in [1.165, 1.54) is 5.56 Å². The average Bonchev–Trinajstić information content (AvgIpc) is 3.02. The molecule has 11 atom stereocenters. The van der Waals surface area contributed by atoms with Crippen molar-refractivity contribution in [1.82, 2.24) is 0 Å². The van der Waals surface area contributed by atoms with Crippen molar-refractivity contribution in [2.45, 2.75) is 87.9 Å². The second kappa shape index (κ2) is 9.61. The zero-order chi connectivity index (χ0) is 23.7. The number of hydrogen-bond donors (Lipinski definition) is 6. The minimum absolute atomic E-state index is 0. The van der Waals surface area contributed by atoms with Crippen LogP contribution in [0.1, 0.15) is 49.7 Å². The quantitative estimate of drug-likeness (QED) is 0.317. The molecule has 0 unspecified atom stereocenters. The Morgan fingerprint density at radius 3 is 2.53 bits per heavy atom. The number of rotatable bonds is 3. The van der Waals surface area contributed by atoms with Crippen molar-refractivity contribution >= 4 is 35.5 Å². The molecule has 1 heterocycles. The number of aliphatic carboxylic acids is 1. The minimum Gasteiger partial charge on any atom is -0.479 e. The van der Waals surface area contributed by atoms with Gasteiger partial charge in [-0.1, -0.05) is 13.0 Å². The molecule has 34 heavy (non-hydrogen) atoms. The molecule has 0 bridgehead atoms. The maximum Gasteiger partial charge on any atom is 0.335 e. The second-order valence-electron chi connectivity index (χ2n) is 10.4. The van der Waals surface area contributed by atoms with E-state index >= 15 is 0 Å². The van der Waals surface area contributed by atoms with Crippen LogP contribution < -0.4 is 4.74 Å². The van der Waals surface area contributed by atoms with Gasteiger partial charge in [-0.2, -0.15) is 0 Å². The Balaban J connectivity index is 0.00000274. The standard InChI is InChI=1S/C24H32O9.Na/c1-24-7-6-13-12-5-3-11(32-23-19(28)17(26)18(27)20(33-23)22(30)31)8-10(12)2-4-14(13)15(24)9-16(25)21(24)29;/h3,5,8,13-21,23,25-29H,2,4,6-7,9H2,1H3,(H,30,31);/t13-,14-,15+,16-,17+,18+,19-,20+,21+,23-,24+;/m1./s1. The van der Waals surface area contributed by atoms with E-state index in [9.17, 15) is 35.4 Å². The Labute approximate surface area is 220 Å². The molecule has 1 aromatic rings. The number of aliphatic hydroxyl groups is 5. The zero-order valence-corrected chi connectivity index (χ0v) is 21.4. The van der Waals surface area contributed by atoms with E-state index in [1.54, 1.807) is 6.07 Å². The fraction of sp³-hybridized carbons (Fsp3) is 0.708. The summed E-state index contributed by atoms with van der Waals surface area (Å²) in [4.78, 5) is 11.3. The van der Waals surface area contributed by atoms with Crippen molar-refractivity contribution in [3.05, 3.63) is 29.3 Å². The van der Waals surface area contributed by atoms with Crippen LogP contribution in [0.15, 0.2) is 18.2 Å². The molecule has 3 fully saturated rings. The van der Waals surface area contributed by atoms with Gasteiger partial charge in [0.2, 0.25) is 6.29 Å². The molecule has 5 rings (SSSR count). The summed E-state index contributed by atoms with van der Waals surface area (Å²) in [5.74, 6) is -0.0622. The molecule has 9 nitrogen and oxygen atoms in total. The van der Waals surface area contributed by atoms with Crippen LogP contribution in [-0.4, -0.2) is 109 Å². The minimum atomic E-state index is -1.76. The summed E-state index contributed by atoms with van der Waals surface area (Å²) in [6.45, 7) is 2.10. The largest absolute Gasteiger partial charge is 0.479 e. The second-order valence-corrected chi connectivity index (χ2v) is 10.4. The van der Waals surface area contributed by atoms with Gasteiger partial charge in [0.1, 0.15) is 24.1 Å². The molecule has 1 radical (unpaired) electrons. The third-order valence-electron chi connectivity index (χ3n) is 8.74. The Kier molecular flexibility index (Phi) is 7.44. The number of carbonyl (C=O) groups is 1. The summed E-state index contributed by atoms with van der Waals surface area (Å²) in [5.41, 5.74) is 2.08. The average molecular weight is 488 g/mol. The summed E-state index contributed by atoms with van der Waals surface area (Å²) in [7, 11) is 0. The van der Waals surface area contributed by atoms with Crippen LogP contribution in [0.5, 0.6) is 5.75 Å². The van der Waals surface area contributed by atoms with Crippen LogP contribution in [0.25, 0.3) is 0 Å². The van der Waals surface area contributed by atoms with Gasteiger partial charge in [-0.05, 0) is 78.5 Å². The van der Waals surface area contributed by atoms with Gasteiger partial charge in [0.25, 0.3) is 0 Å². The first-order valence-corrected chi connectivity index (χ1v) is 11.7. The Bertz CT molecular complexity index is 928. The molecule has 6 N–H and O–H groups in total. The van der Waals surface area contributed by atoms with Gasteiger partial charge in [0.05, 0.1) is 12.2 Å². The molecule has 0 amide bonds. The van der Waals surface area contributed by atoms with E-state index in [-0.39, 0.29) is 40.9 Å². The van der Waals surface area contributed by atoms with Crippen molar-refractivity contribution < 1.29 is 44.9 Å². The van der Waals surface area contributed by atoms with Gasteiger partial charge < -0.3 is 40.1 Å². The van der Waals surface area contributed by atoms with Crippen LogP contribution in [-0.2, 0) is 16.0 Å². The van der Waals surface area contributed by atoms with Crippen LogP contribution >= 0.6 is 0 Å². The fourth-order valence-electron chi connectivity index (χ4n) is 6.90. The molecule has 1 saturated heterocycles. The number of benzene rings is 1. The first kappa shape index (κ1) is 26.3. The molecule has 4 aliphatic rings. The van der Waals surface area contributed by atoms with Crippen LogP contribution in [0, 0.1) is 17.3 Å². The van der Waals surface area contributed by atoms with Crippen molar-refractivity contribution in [2.24, 2.45) is 17.3 Å². The smallest absolute Gasteiger partial charge is 0.335 e. The van der Waals surface area contributed by atoms with E-state index in [0.29, 0.717) is 24.0 Å². The predicted octanol–water partition coefficient (Wildman–Crippen LogP) is -0.235. The number of aryl methyl sites for hydroxylation is 1. The van der Waals surface area contributed by atoms with Gasteiger partial charge in [0.15, 0.2) is 6.10 Å².